The van der Waals surface area contributed by atoms with E-state index >= 15 is 0 Å². The Morgan fingerprint density at radius 3 is 2.82 bits per heavy atom. The second-order valence-corrected chi connectivity index (χ2v) is 6.67. The fourth-order valence-corrected chi connectivity index (χ4v) is 3.53. The van der Waals surface area contributed by atoms with E-state index in [9.17, 15) is 9.59 Å². The summed E-state index contributed by atoms with van der Waals surface area (Å²) in [6.07, 6.45) is 0.137. The Balaban J connectivity index is 2.05. The van der Waals surface area contributed by atoms with E-state index in [4.69, 9.17) is 9.47 Å². The van der Waals surface area contributed by atoms with Gasteiger partial charge in [-0.1, -0.05) is 0 Å². The zero-order valence-electron chi connectivity index (χ0n) is 13.4. The number of esters is 1. The van der Waals surface area contributed by atoms with E-state index in [0.717, 1.165) is 23.5 Å². The van der Waals surface area contributed by atoms with Crippen molar-refractivity contribution in [2.45, 2.75) is 26.9 Å². The number of amides is 1. The number of morpholine rings is 1. The molecule has 1 aromatic heterocycles. The van der Waals surface area contributed by atoms with Crippen molar-refractivity contribution in [1.29, 1.82) is 0 Å². The van der Waals surface area contributed by atoms with Crippen molar-refractivity contribution < 1.29 is 19.1 Å². The molecule has 22 heavy (non-hydrogen) atoms. The van der Waals surface area contributed by atoms with Crippen LogP contribution in [0.4, 0.5) is 5.00 Å². The van der Waals surface area contributed by atoms with Gasteiger partial charge in [0.05, 0.1) is 31.9 Å². The van der Waals surface area contributed by atoms with Gasteiger partial charge >= 0.3 is 5.97 Å². The van der Waals surface area contributed by atoms with Crippen LogP contribution < -0.4 is 5.32 Å². The van der Waals surface area contributed by atoms with Gasteiger partial charge in [0.25, 0.3) is 0 Å². The standard InChI is InChI=1S/C15H22N2O4S/c1-9-7-17(5-6-21-9)8-12(18)16-14-13(15(19)20-4)10(2)11(3)22-14/h9H,5-8H2,1-4H3,(H,16,18). The van der Waals surface area contributed by atoms with E-state index in [1.807, 2.05) is 20.8 Å². The maximum absolute atomic E-state index is 12.2. The molecule has 1 atom stereocenters. The Morgan fingerprint density at radius 2 is 2.18 bits per heavy atom. The highest BCUT2D eigenvalue weighted by Gasteiger charge is 2.23. The molecule has 0 bridgehead atoms. The number of hydrogen-bond donors (Lipinski definition) is 1. The predicted octanol–water partition coefficient (Wildman–Crippen LogP) is 1.81. The molecule has 1 aliphatic rings. The number of rotatable bonds is 4. The van der Waals surface area contributed by atoms with Gasteiger partial charge in [-0.25, -0.2) is 4.79 Å². The Kier molecular flexibility index (Phi) is 5.55. The van der Waals surface area contributed by atoms with Gasteiger partial charge in [-0.05, 0) is 26.3 Å². The summed E-state index contributed by atoms with van der Waals surface area (Å²) in [6.45, 7) is 8.18. The number of hydrogen-bond acceptors (Lipinski definition) is 6. The number of ether oxygens (including phenoxy) is 2. The molecule has 6 nitrogen and oxygen atoms in total. The van der Waals surface area contributed by atoms with Gasteiger partial charge in [-0.2, -0.15) is 0 Å². The van der Waals surface area contributed by atoms with Gasteiger partial charge < -0.3 is 14.8 Å². The Hall–Kier alpha value is -1.44. The molecule has 1 amide bonds. The van der Waals surface area contributed by atoms with E-state index in [1.54, 1.807) is 0 Å². The summed E-state index contributed by atoms with van der Waals surface area (Å²) in [5.74, 6) is -0.544. The number of anilines is 1. The predicted molar refractivity (Wildman–Crippen MR) is 85.6 cm³/mol. The average molecular weight is 326 g/mol. The van der Waals surface area contributed by atoms with E-state index in [-0.39, 0.29) is 12.0 Å². The second-order valence-electron chi connectivity index (χ2n) is 5.44. The lowest BCUT2D eigenvalue weighted by atomic mass is 10.1. The van der Waals surface area contributed by atoms with Crippen LogP contribution in [0.5, 0.6) is 0 Å². The molecule has 0 aromatic carbocycles. The summed E-state index contributed by atoms with van der Waals surface area (Å²) in [4.78, 5) is 27.2. The van der Waals surface area contributed by atoms with Gasteiger partial charge in [0.15, 0.2) is 0 Å². The van der Waals surface area contributed by atoms with Gasteiger partial charge in [0, 0.05) is 18.0 Å². The fraction of sp³-hybridized carbons (Fsp3) is 0.600. The van der Waals surface area contributed by atoms with Gasteiger partial charge in [-0.15, -0.1) is 11.3 Å². The first kappa shape index (κ1) is 16.9. The minimum absolute atomic E-state index is 0.125. The zero-order valence-corrected chi connectivity index (χ0v) is 14.2. The molecule has 0 saturated carbocycles. The first-order valence-electron chi connectivity index (χ1n) is 7.24. The summed E-state index contributed by atoms with van der Waals surface area (Å²) >= 11 is 1.40. The lowest BCUT2D eigenvalue weighted by molar-refractivity contribution is -0.119. The van der Waals surface area contributed by atoms with Crippen LogP contribution in [-0.2, 0) is 14.3 Å². The van der Waals surface area contributed by atoms with Gasteiger partial charge in [0.1, 0.15) is 5.00 Å². The molecule has 0 aliphatic carbocycles. The molecular weight excluding hydrogens is 304 g/mol. The third-order valence-electron chi connectivity index (χ3n) is 3.72. The van der Waals surface area contributed by atoms with E-state index < -0.39 is 5.97 Å². The molecule has 122 valence electrons. The smallest absolute Gasteiger partial charge is 0.341 e. The van der Waals surface area contributed by atoms with Crippen molar-refractivity contribution in [2.24, 2.45) is 0 Å². The molecule has 0 spiro atoms. The summed E-state index contributed by atoms with van der Waals surface area (Å²) in [5, 5.41) is 3.41. The van der Waals surface area contributed by atoms with Crippen molar-refractivity contribution in [3.63, 3.8) is 0 Å². The number of carbonyl (C=O) groups is 2. The number of aryl methyl sites for hydroxylation is 1. The van der Waals surface area contributed by atoms with E-state index in [0.29, 0.717) is 23.7 Å². The molecule has 1 fully saturated rings. The van der Waals surface area contributed by atoms with Crippen molar-refractivity contribution >= 4 is 28.2 Å². The molecule has 1 saturated heterocycles. The summed E-state index contributed by atoms with van der Waals surface area (Å²) in [7, 11) is 1.34. The summed E-state index contributed by atoms with van der Waals surface area (Å²) in [6, 6.07) is 0. The quantitative estimate of drug-likeness (QED) is 0.855. The SMILES string of the molecule is COC(=O)c1c(NC(=O)CN2CCOC(C)C2)sc(C)c1C. The molecule has 1 N–H and O–H groups in total. The average Bonchev–Trinajstić information content (AvgIpc) is 2.72. The van der Waals surface area contributed by atoms with Gasteiger partial charge in [-0.3, -0.25) is 9.69 Å². The highest BCUT2D eigenvalue weighted by molar-refractivity contribution is 7.16. The second kappa shape index (κ2) is 7.21. The third-order valence-corrected chi connectivity index (χ3v) is 4.84. The number of nitrogens with zero attached hydrogens (tertiary/aromatic N) is 1. The highest BCUT2D eigenvalue weighted by Crippen LogP contribution is 2.32. The van der Waals surface area contributed by atoms with E-state index in [2.05, 4.69) is 10.2 Å². The maximum Gasteiger partial charge on any atom is 0.341 e. The minimum Gasteiger partial charge on any atom is -0.465 e. The van der Waals surface area contributed by atoms with Gasteiger partial charge in [0.2, 0.25) is 5.91 Å². The molecule has 1 aliphatic heterocycles. The van der Waals surface area contributed by atoms with Crippen LogP contribution in [-0.4, -0.2) is 56.2 Å². The Labute approximate surface area is 134 Å². The van der Waals surface area contributed by atoms with Crippen LogP contribution in [0, 0.1) is 13.8 Å². The molecule has 2 rings (SSSR count). The normalized spacial score (nSPS) is 19.0. The van der Waals surface area contributed by atoms with Crippen molar-refractivity contribution in [3.8, 4) is 0 Å². The largest absolute Gasteiger partial charge is 0.465 e. The van der Waals surface area contributed by atoms with Crippen molar-refractivity contribution in [1.82, 2.24) is 4.90 Å². The van der Waals surface area contributed by atoms with E-state index in [1.165, 1.54) is 18.4 Å². The first-order valence-corrected chi connectivity index (χ1v) is 8.06. The number of thiophene rings is 1. The van der Waals surface area contributed by atoms with Crippen LogP contribution in [0.15, 0.2) is 0 Å². The number of carbonyl (C=O) groups excluding carboxylic acids is 2. The summed E-state index contributed by atoms with van der Waals surface area (Å²) < 4.78 is 10.3. The first-order chi connectivity index (χ1) is 10.4. The monoisotopic (exact) mass is 326 g/mol. The highest BCUT2D eigenvalue weighted by atomic mass is 32.1. The lowest BCUT2D eigenvalue weighted by Gasteiger charge is -2.30. The summed E-state index contributed by atoms with van der Waals surface area (Å²) in [5.41, 5.74) is 1.31. The Morgan fingerprint density at radius 1 is 1.45 bits per heavy atom. The van der Waals surface area contributed by atoms with Crippen LogP contribution in [0.2, 0.25) is 0 Å². The van der Waals surface area contributed by atoms with Crippen molar-refractivity contribution in [3.05, 3.63) is 16.0 Å². The third kappa shape index (κ3) is 3.85. The number of methoxy groups -OCH3 is 1. The maximum atomic E-state index is 12.2. The van der Waals surface area contributed by atoms with Crippen LogP contribution >= 0.6 is 11.3 Å². The molecule has 0 radical (unpaired) electrons. The molecule has 7 heteroatoms. The molecular formula is C15H22N2O4S. The lowest BCUT2D eigenvalue weighted by Crippen LogP contribution is -2.44. The van der Waals surface area contributed by atoms with Crippen molar-refractivity contribution in [2.75, 3.05) is 38.7 Å². The molecule has 2 heterocycles. The zero-order chi connectivity index (χ0) is 16.3. The Bertz CT molecular complexity index is 570. The molecule has 1 aromatic rings. The molecule has 1 unspecified atom stereocenters. The number of nitrogens with one attached hydrogen (secondary N) is 1. The fourth-order valence-electron chi connectivity index (χ4n) is 2.47. The minimum atomic E-state index is -0.419. The van der Waals surface area contributed by atoms with Crippen LogP contribution in [0.1, 0.15) is 27.7 Å². The van der Waals surface area contributed by atoms with Crippen LogP contribution in [0.3, 0.4) is 0 Å². The van der Waals surface area contributed by atoms with Crippen LogP contribution in [0.25, 0.3) is 0 Å². The topological polar surface area (TPSA) is 67.9 Å².